The van der Waals surface area contributed by atoms with E-state index in [1.165, 1.54) is 12.1 Å². The van der Waals surface area contributed by atoms with E-state index in [0.29, 0.717) is 31.7 Å². The van der Waals surface area contributed by atoms with Gasteiger partial charge in [0.15, 0.2) is 0 Å². The Morgan fingerprint density at radius 3 is 2.30 bits per heavy atom. The zero-order valence-electron chi connectivity index (χ0n) is 12.9. The van der Waals surface area contributed by atoms with Gasteiger partial charge in [0.05, 0.1) is 5.56 Å². The number of hydrogen-bond donors (Lipinski definition) is 1. The fourth-order valence-electron chi connectivity index (χ4n) is 2.90. The Hall–Kier alpha value is -2.37. The number of carbonyl (C=O) groups is 3. The molecule has 0 atom stereocenters. The Labute approximate surface area is 134 Å². The van der Waals surface area contributed by atoms with Crippen LogP contribution in [-0.2, 0) is 4.79 Å². The molecule has 1 aliphatic carbocycles. The Morgan fingerprint density at radius 2 is 1.61 bits per heavy atom. The largest absolute Gasteiger partial charge is 0.478 e. The van der Waals surface area contributed by atoms with E-state index in [1.54, 1.807) is 17.0 Å². The first-order valence-corrected chi connectivity index (χ1v) is 7.97. The number of carboxylic acid groups (broad SMARTS) is 1. The van der Waals surface area contributed by atoms with Crippen molar-refractivity contribution >= 4 is 17.8 Å². The third-order valence-electron chi connectivity index (χ3n) is 4.38. The van der Waals surface area contributed by atoms with Gasteiger partial charge in [-0.25, -0.2) is 4.79 Å². The van der Waals surface area contributed by atoms with Crippen molar-refractivity contribution in [2.45, 2.75) is 19.3 Å². The minimum Gasteiger partial charge on any atom is -0.478 e. The second-order valence-electron chi connectivity index (χ2n) is 6.13. The molecule has 1 aromatic rings. The van der Waals surface area contributed by atoms with Crippen LogP contribution >= 0.6 is 0 Å². The van der Waals surface area contributed by atoms with Gasteiger partial charge in [0.25, 0.3) is 5.91 Å². The van der Waals surface area contributed by atoms with Crippen LogP contribution in [-0.4, -0.2) is 58.9 Å². The van der Waals surface area contributed by atoms with E-state index < -0.39 is 5.97 Å². The van der Waals surface area contributed by atoms with E-state index in [9.17, 15) is 14.4 Å². The molecule has 122 valence electrons. The second-order valence-corrected chi connectivity index (χ2v) is 6.13. The highest BCUT2D eigenvalue weighted by molar-refractivity contribution is 5.97. The number of carboxylic acids is 1. The molecule has 0 unspecified atom stereocenters. The highest BCUT2D eigenvalue weighted by Crippen LogP contribution is 2.31. The molecule has 1 heterocycles. The number of nitrogens with zero attached hydrogens (tertiary/aromatic N) is 2. The summed E-state index contributed by atoms with van der Waals surface area (Å²) in [5.41, 5.74) is 0.489. The van der Waals surface area contributed by atoms with Crippen molar-refractivity contribution < 1.29 is 19.5 Å². The van der Waals surface area contributed by atoms with Gasteiger partial charge in [-0.2, -0.15) is 0 Å². The van der Waals surface area contributed by atoms with E-state index in [-0.39, 0.29) is 23.3 Å². The molecule has 2 fully saturated rings. The van der Waals surface area contributed by atoms with Crippen LogP contribution in [0.15, 0.2) is 24.3 Å². The zero-order chi connectivity index (χ0) is 16.4. The molecule has 1 aromatic carbocycles. The van der Waals surface area contributed by atoms with Gasteiger partial charge in [0.1, 0.15) is 0 Å². The third kappa shape index (κ3) is 3.52. The van der Waals surface area contributed by atoms with Gasteiger partial charge >= 0.3 is 5.97 Å². The summed E-state index contributed by atoms with van der Waals surface area (Å²) < 4.78 is 0. The van der Waals surface area contributed by atoms with Crippen LogP contribution in [0.1, 0.15) is 40.0 Å². The van der Waals surface area contributed by atoms with Crippen molar-refractivity contribution in [3.8, 4) is 0 Å². The molecule has 0 radical (unpaired) electrons. The first-order chi connectivity index (χ1) is 11.1. The fraction of sp³-hybridized carbons (Fsp3) is 0.471. The van der Waals surface area contributed by atoms with Crippen molar-refractivity contribution in [1.29, 1.82) is 0 Å². The molecular weight excluding hydrogens is 296 g/mol. The summed E-state index contributed by atoms with van der Waals surface area (Å²) in [6.07, 6.45) is 2.72. The minimum atomic E-state index is -1.04. The van der Waals surface area contributed by atoms with Crippen LogP contribution in [0.3, 0.4) is 0 Å². The summed E-state index contributed by atoms with van der Waals surface area (Å²) in [5.74, 6) is -0.804. The summed E-state index contributed by atoms with van der Waals surface area (Å²) in [6.45, 7) is 2.33. The van der Waals surface area contributed by atoms with Gasteiger partial charge in [0, 0.05) is 37.7 Å². The molecule has 2 aliphatic rings. The monoisotopic (exact) mass is 316 g/mol. The summed E-state index contributed by atoms with van der Waals surface area (Å²) in [5, 5.41) is 9.03. The lowest BCUT2D eigenvalue weighted by Gasteiger charge is -2.22. The zero-order valence-corrected chi connectivity index (χ0v) is 12.9. The molecule has 1 saturated carbocycles. The van der Waals surface area contributed by atoms with Gasteiger partial charge in [-0.1, -0.05) is 6.07 Å². The van der Waals surface area contributed by atoms with E-state index in [2.05, 4.69) is 0 Å². The van der Waals surface area contributed by atoms with E-state index >= 15 is 0 Å². The quantitative estimate of drug-likeness (QED) is 0.916. The molecule has 1 aliphatic heterocycles. The normalized spacial score (nSPS) is 18.4. The lowest BCUT2D eigenvalue weighted by molar-refractivity contribution is -0.132. The van der Waals surface area contributed by atoms with Crippen molar-refractivity contribution in [2.75, 3.05) is 26.2 Å². The Kier molecular flexibility index (Phi) is 4.32. The predicted octanol–water partition coefficient (Wildman–Crippen LogP) is 1.47. The molecule has 0 bridgehead atoms. The standard InChI is InChI=1S/C17H20N2O4/c20-15(12-5-6-12)18-7-2-8-19(10-9-18)16(21)13-3-1-4-14(11-13)17(22)23/h1,3-4,11-12H,2,5-10H2,(H,22,23). The highest BCUT2D eigenvalue weighted by Gasteiger charge is 2.34. The molecular formula is C17H20N2O4. The summed E-state index contributed by atoms with van der Waals surface area (Å²) in [7, 11) is 0. The maximum atomic E-state index is 12.6. The van der Waals surface area contributed by atoms with Crippen molar-refractivity contribution in [3.63, 3.8) is 0 Å². The minimum absolute atomic E-state index is 0.108. The lowest BCUT2D eigenvalue weighted by atomic mass is 10.1. The van der Waals surface area contributed by atoms with Gasteiger partial charge in [-0.3, -0.25) is 9.59 Å². The van der Waals surface area contributed by atoms with Crippen molar-refractivity contribution in [3.05, 3.63) is 35.4 Å². The van der Waals surface area contributed by atoms with E-state index in [4.69, 9.17) is 5.11 Å². The average molecular weight is 316 g/mol. The number of amides is 2. The predicted molar refractivity (Wildman–Crippen MR) is 83.2 cm³/mol. The SMILES string of the molecule is O=C(O)c1cccc(C(=O)N2CCCN(C(=O)C3CC3)CC2)c1. The third-order valence-corrected chi connectivity index (χ3v) is 4.38. The molecule has 23 heavy (non-hydrogen) atoms. The molecule has 1 N–H and O–H groups in total. The number of aromatic carboxylic acids is 1. The molecule has 6 heteroatoms. The van der Waals surface area contributed by atoms with Gasteiger partial charge in [-0.15, -0.1) is 0 Å². The molecule has 0 aromatic heterocycles. The number of carbonyl (C=O) groups excluding carboxylic acids is 2. The molecule has 2 amide bonds. The van der Waals surface area contributed by atoms with Gasteiger partial charge in [-0.05, 0) is 37.5 Å². The van der Waals surface area contributed by atoms with Crippen LogP contribution < -0.4 is 0 Å². The topological polar surface area (TPSA) is 77.9 Å². The first kappa shape index (κ1) is 15.5. The number of hydrogen-bond acceptors (Lipinski definition) is 3. The number of benzene rings is 1. The van der Waals surface area contributed by atoms with Crippen LogP contribution in [0, 0.1) is 5.92 Å². The van der Waals surface area contributed by atoms with Crippen LogP contribution in [0.25, 0.3) is 0 Å². The average Bonchev–Trinajstić information content (AvgIpc) is 3.40. The summed E-state index contributed by atoms with van der Waals surface area (Å²) in [6, 6.07) is 6.09. The van der Waals surface area contributed by atoms with Crippen molar-refractivity contribution in [1.82, 2.24) is 9.80 Å². The highest BCUT2D eigenvalue weighted by atomic mass is 16.4. The maximum Gasteiger partial charge on any atom is 0.335 e. The van der Waals surface area contributed by atoms with Gasteiger partial charge in [0.2, 0.25) is 5.91 Å². The maximum absolute atomic E-state index is 12.6. The fourth-order valence-corrected chi connectivity index (χ4v) is 2.90. The second kappa shape index (κ2) is 6.40. The molecule has 6 nitrogen and oxygen atoms in total. The Morgan fingerprint density at radius 1 is 0.957 bits per heavy atom. The van der Waals surface area contributed by atoms with Crippen molar-refractivity contribution in [2.24, 2.45) is 5.92 Å². The summed E-state index contributed by atoms with van der Waals surface area (Å²) in [4.78, 5) is 39.3. The van der Waals surface area contributed by atoms with Crippen LogP contribution in [0.2, 0.25) is 0 Å². The Bertz CT molecular complexity index is 639. The first-order valence-electron chi connectivity index (χ1n) is 7.97. The van der Waals surface area contributed by atoms with Crippen LogP contribution in [0.5, 0.6) is 0 Å². The lowest BCUT2D eigenvalue weighted by Crippen LogP contribution is -2.38. The van der Waals surface area contributed by atoms with Crippen LogP contribution in [0.4, 0.5) is 0 Å². The summed E-state index contributed by atoms with van der Waals surface area (Å²) >= 11 is 0. The molecule has 1 saturated heterocycles. The smallest absolute Gasteiger partial charge is 0.335 e. The molecule has 3 rings (SSSR count). The number of rotatable bonds is 3. The molecule has 0 spiro atoms. The Balaban J connectivity index is 1.67. The van der Waals surface area contributed by atoms with E-state index in [1.807, 2.05) is 4.90 Å². The van der Waals surface area contributed by atoms with Gasteiger partial charge < -0.3 is 14.9 Å². The van der Waals surface area contributed by atoms with E-state index in [0.717, 1.165) is 19.3 Å².